The topological polar surface area (TPSA) is 26.3 Å². The van der Waals surface area contributed by atoms with Crippen LogP contribution in [0.1, 0.15) is 26.7 Å². The van der Waals surface area contributed by atoms with Crippen molar-refractivity contribution in [3.05, 3.63) is 24.5 Å². The zero-order chi connectivity index (χ0) is 8.69. The molecule has 0 radical (unpaired) electrons. The molecule has 0 saturated heterocycles. The van der Waals surface area contributed by atoms with Crippen LogP contribution in [0.3, 0.4) is 0 Å². The fourth-order valence-corrected chi connectivity index (χ4v) is 0.590. The number of hydrogen-bond acceptors (Lipinski definition) is 2. The SMILES string of the molecule is C=CC(=O)OC(C)=CCCC. The highest BCUT2D eigenvalue weighted by atomic mass is 16.5. The summed E-state index contributed by atoms with van der Waals surface area (Å²) in [7, 11) is 0. The number of carbonyl (C=O) groups excluding carboxylic acids is 1. The molecule has 0 unspecified atom stereocenters. The van der Waals surface area contributed by atoms with Gasteiger partial charge in [0, 0.05) is 6.08 Å². The first-order chi connectivity index (χ1) is 5.20. The van der Waals surface area contributed by atoms with E-state index in [1.54, 1.807) is 6.92 Å². The van der Waals surface area contributed by atoms with Crippen molar-refractivity contribution in [3.8, 4) is 0 Å². The Morgan fingerprint density at radius 1 is 1.64 bits per heavy atom. The Hall–Kier alpha value is -1.05. The smallest absolute Gasteiger partial charge is 0.335 e. The van der Waals surface area contributed by atoms with Crippen LogP contribution in [-0.2, 0) is 9.53 Å². The fraction of sp³-hybridized carbons (Fsp3) is 0.444. The summed E-state index contributed by atoms with van der Waals surface area (Å²) in [5, 5.41) is 0. The highest BCUT2D eigenvalue weighted by Crippen LogP contribution is 2.00. The van der Waals surface area contributed by atoms with Crippen molar-refractivity contribution in [2.24, 2.45) is 0 Å². The number of esters is 1. The van der Waals surface area contributed by atoms with Crippen LogP contribution in [0.4, 0.5) is 0 Å². The summed E-state index contributed by atoms with van der Waals surface area (Å²) >= 11 is 0. The molecule has 0 N–H and O–H groups in total. The van der Waals surface area contributed by atoms with Gasteiger partial charge in [0.15, 0.2) is 0 Å². The van der Waals surface area contributed by atoms with Crippen molar-refractivity contribution in [2.75, 3.05) is 0 Å². The molecule has 0 fully saturated rings. The van der Waals surface area contributed by atoms with E-state index >= 15 is 0 Å². The standard InChI is InChI=1S/C9H14O2/c1-4-6-7-8(3)11-9(10)5-2/h5,7H,2,4,6H2,1,3H3. The Labute approximate surface area is 67.6 Å². The Kier molecular flexibility index (Phi) is 5.17. The highest BCUT2D eigenvalue weighted by molar-refractivity contribution is 5.81. The second-order valence-electron chi connectivity index (χ2n) is 2.23. The van der Waals surface area contributed by atoms with Gasteiger partial charge >= 0.3 is 5.97 Å². The average Bonchev–Trinajstić information content (AvgIpc) is 2.00. The Balaban J connectivity index is 3.75. The summed E-state index contributed by atoms with van der Waals surface area (Å²) in [5.41, 5.74) is 0. The van der Waals surface area contributed by atoms with Crippen molar-refractivity contribution >= 4 is 5.97 Å². The number of unbranched alkanes of at least 4 members (excludes halogenated alkanes) is 1. The van der Waals surface area contributed by atoms with E-state index in [0.29, 0.717) is 5.76 Å². The van der Waals surface area contributed by atoms with Gasteiger partial charge in [-0.15, -0.1) is 0 Å². The lowest BCUT2D eigenvalue weighted by Crippen LogP contribution is -1.97. The molecule has 0 aromatic heterocycles. The summed E-state index contributed by atoms with van der Waals surface area (Å²) in [4.78, 5) is 10.6. The van der Waals surface area contributed by atoms with Gasteiger partial charge in [0.05, 0.1) is 0 Å². The quantitative estimate of drug-likeness (QED) is 0.353. The lowest BCUT2D eigenvalue weighted by molar-refractivity contribution is -0.133. The molecule has 0 spiro atoms. The summed E-state index contributed by atoms with van der Waals surface area (Å²) in [6, 6.07) is 0. The third-order valence-electron chi connectivity index (χ3n) is 1.15. The van der Waals surface area contributed by atoms with Crippen LogP contribution in [0.25, 0.3) is 0 Å². The summed E-state index contributed by atoms with van der Waals surface area (Å²) < 4.78 is 4.81. The van der Waals surface area contributed by atoms with Gasteiger partial charge < -0.3 is 4.74 Å². The molecule has 0 bridgehead atoms. The first-order valence-electron chi connectivity index (χ1n) is 3.71. The second-order valence-corrected chi connectivity index (χ2v) is 2.23. The molecule has 0 aliphatic heterocycles. The number of ether oxygens (including phenoxy) is 1. The molecule has 0 amide bonds. The number of carbonyl (C=O) groups is 1. The molecule has 0 rings (SSSR count). The molecular weight excluding hydrogens is 140 g/mol. The molecule has 2 heteroatoms. The third-order valence-corrected chi connectivity index (χ3v) is 1.15. The van der Waals surface area contributed by atoms with E-state index in [2.05, 4.69) is 13.5 Å². The molecule has 0 saturated carbocycles. The summed E-state index contributed by atoms with van der Waals surface area (Å²) in [6.45, 7) is 7.12. The highest BCUT2D eigenvalue weighted by Gasteiger charge is 1.95. The number of rotatable bonds is 4. The Morgan fingerprint density at radius 3 is 2.73 bits per heavy atom. The van der Waals surface area contributed by atoms with E-state index in [4.69, 9.17) is 4.74 Å². The van der Waals surface area contributed by atoms with E-state index < -0.39 is 5.97 Å². The molecule has 2 nitrogen and oxygen atoms in total. The summed E-state index contributed by atoms with van der Waals surface area (Å²) in [6.07, 6.45) is 5.05. The van der Waals surface area contributed by atoms with Crippen LogP contribution in [-0.4, -0.2) is 5.97 Å². The lowest BCUT2D eigenvalue weighted by atomic mass is 10.3. The van der Waals surface area contributed by atoms with E-state index in [1.807, 2.05) is 6.08 Å². The van der Waals surface area contributed by atoms with E-state index in [0.717, 1.165) is 18.9 Å². The van der Waals surface area contributed by atoms with Gasteiger partial charge in [-0.2, -0.15) is 0 Å². The fourth-order valence-electron chi connectivity index (χ4n) is 0.590. The minimum Gasteiger partial charge on any atom is -0.429 e. The zero-order valence-electron chi connectivity index (χ0n) is 7.09. The molecule has 0 aliphatic rings. The van der Waals surface area contributed by atoms with Crippen LogP contribution in [0, 0.1) is 0 Å². The third kappa shape index (κ3) is 5.40. The van der Waals surface area contributed by atoms with Crippen molar-refractivity contribution in [1.82, 2.24) is 0 Å². The predicted molar refractivity (Wildman–Crippen MR) is 45.0 cm³/mol. The number of hydrogen-bond donors (Lipinski definition) is 0. The molecular formula is C9H14O2. The minimum absolute atomic E-state index is 0.394. The minimum atomic E-state index is -0.394. The molecule has 62 valence electrons. The van der Waals surface area contributed by atoms with Crippen molar-refractivity contribution in [3.63, 3.8) is 0 Å². The molecule has 0 aromatic carbocycles. The van der Waals surface area contributed by atoms with Crippen molar-refractivity contribution < 1.29 is 9.53 Å². The van der Waals surface area contributed by atoms with Gasteiger partial charge in [0.1, 0.15) is 5.76 Å². The van der Waals surface area contributed by atoms with Gasteiger partial charge in [0.2, 0.25) is 0 Å². The molecule has 0 aromatic rings. The van der Waals surface area contributed by atoms with E-state index in [9.17, 15) is 4.79 Å². The van der Waals surface area contributed by atoms with E-state index in [1.165, 1.54) is 0 Å². The maximum atomic E-state index is 10.6. The number of allylic oxidation sites excluding steroid dienone is 2. The molecule has 11 heavy (non-hydrogen) atoms. The first kappa shape index (κ1) is 9.95. The largest absolute Gasteiger partial charge is 0.429 e. The van der Waals surface area contributed by atoms with Gasteiger partial charge in [-0.05, 0) is 19.4 Å². The normalized spacial score (nSPS) is 10.9. The van der Waals surface area contributed by atoms with Gasteiger partial charge in [-0.25, -0.2) is 4.79 Å². The molecule has 0 heterocycles. The molecule has 0 atom stereocenters. The molecule has 0 aliphatic carbocycles. The Bertz CT molecular complexity index is 168. The first-order valence-corrected chi connectivity index (χ1v) is 3.71. The average molecular weight is 154 g/mol. The second kappa shape index (κ2) is 5.71. The monoisotopic (exact) mass is 154 g/mol. The van der Waals surface area contributed by atoms with Gasteiger partial charge in [0.25, 0.3) is 0 Å². The predicted octanol–water partition coefficient (Wildman–Crippen LogP) is 2.42. The van der Waals surface area contributed by atoms with E-state index in [-0.39, 0.29) is 0 Å². The Morgan fingerprint density at radius 2 is 2.27 bits per heavy atom. The summed E-state index contributed by atoms with van der Waals surface area (Å²) in [5.74, 6) is 0.256. The van der Waals surface area contributed by atoms with Crippen LogP contribution >= 0.6 is 0 Å². The van der Waals surface area contributed by atoms with Gasteiger partial charge in [-0.1, -0.05) is 19.9 Å². The zero-order valence-corrected chi connectivity index (χ0v) is 7.09. The van der Waals surface area contributed by atoms with Gasteiger partial charge in [-0.3, -0.25) is 0 Å². The maximum Gasteiger partial charge on any atom is 0.335 e. The van der Waals surface area contributed by atoms with Crippen molar-refractivity contribution in [1.29, 1.82) is 0 Å². The van der Waals surface area contributed by atoms with Crippen molar-refractivity contribution in [2.45, 2.75) is 26.7 Å². The maximum absolute atomic E-state index is 10.6. The van der Waals surface area contributed by atoms with Crippen LogP contribution in [0.5, 0.6) is 0 Å². The van der Waals surface area contributed by atoms with Crippen LogP contribution in [0.15, 0.2) is 24.5 Å². The van der Waals surface area contributed by atoms with Crippen LogP contribution < -0.4 is 0 Å². The van der Waals surface area contributed by atoms with Crippen LogP contribution in [0.2, 0.25) is 0 Å². The lowest BCUT2D eigenvalue weighted by Gasteiger charge is -1.99.